The minimum atomic E-state index is 0.217. The molecule has 2 unspecified atom stereocenters. The van der Waals surface area contributed by atoms with Crippen molar-refractivity contribution in [2.24, 2.45) is 0 Å². The number of alkyl halides is 1. The van der Waals surface area contributed by atoms with Gasteiger partial charge in [-0.2, -0.15) is 11.8 Å². The number of hydrogen-bond donors (Lipinski definition) is 0. The molecule has 0 aromatic heterocycles. The first-order chi connectivity index (χ1) is 5.66. The van der Waals surface area contributed by atoms with E-state index in [-0.39, 0.29) is 5.91 Å². The van der Waals surface area contributed by atoms with Gasteiger partial charge in [0, 0.05) is 23.6 Å². The molecule has 70 valence electrons. The average Bonchev–Trinajstić information content (AvgIpc) is 2.08. The molecule has 0 N–H and O–H groups in total. The number of halogens is 1. The number of nitrogens with zero attached hydrogens (tertiary/aromatic N) is 1. The summed E-state index contributed by atoms with van der Waals surface area (Å²) in [5.74, 6) is 1.29. The molecule has 0 bridgehead atoms. The Morgan fingerprint density at radius 2 is 2.33 bits per heavy atom. The van der Waals surface area contributed by atoms with E-state index in [0.717, 1.165) is 12.3 Å². The molecule has 0 aromatic rings. The standard InChI is InChI=1S/C8H14BrNOS/c1-6-7(2)12-4-3-10(6)8(11)5-9/h6-7H,3-5H2,1-2H3. The first-order valence-corrected chi connectivity index (χ1v) is 6.31. The van der Waals surface area contributed by atoms with Gasteiger partial charge in [0.2, 0.25) is 5.91 Å². The van der Waals surface area contributed by atoms with Crippen LogP contribution in [0.1, 0.15) is 13.8 Å². The normalized spacial score (nSPS) is 30.4. The fraction of sp³-hybridized carbons (Fsp3) is 0.875. The summed E-state index contributed by atoms with van der Waals surface area (Å²) in [4.78, 5) is 13.4. The van der Waals surface area contributed by atoms with Crippen LogP contribution >= 0.6 is 27.7 Å². The van der Waals surface area contributed by atoms with Crippen LogP contribution in [0.25, 0.3) is 0 Å². The summed E-state index contributed by atoms with van der Waals surface area (Å²) in [6.45, 7) is 5.21. The van der Waals surface area contributed by atoms with Crippen molar-refractivity contribution in [3.63, 3.8) is 0 Å². The molecule has 1 heterocycles. The van der Waals surface area contributed by atoms with Crippen LogP contribution in [0, 0.1) is 0 Å². The van der Waals surface area contributed by atoms with Crippen molar-refractivity contribution in [1.29, 1.82) is 0 Å². The lowest BCUT2D eigenvalue weighted by Gasteiger charge is -2.37. The van der Waals surface area contributed by atoms with Crippen molar-refractivity contribution in [1.82, 2.24) is 4.90 Å². The molecular formula is C8H14BrNOS. The molecule has 0 spiro atoms. The Balaban J connectivity index is 2.57. The highest BCUT2D eigenvalue weighted by Crippen LogP contribution is 2.24. The molecule has 2 nitrogen and oxygen atoms in total. The largest absolute Gasteiger partial charge is 0.337 e. The quantitative estimate of drug-likeness (QED) is 0.662. The monoisotopic (exact) mass is 251 g/mol. The molecule has 2 atom stereocenters. The number of thioether (sulfide) groups is 1. The fourth-order valence-corrected chi connectivity index (χ4v) is 2.78. The second kappa shape index (κ2) is 4.51. The molecule has 1 aliphatic heterocycles. The van der Waals surface area contributed by atoms with E-state index in [0.29, 0.717) is 16.6 Å². The Morgan fingerprint density at radius 1 is 1.67 bits per heavy atom. The van der Waals surface area contributed by atoms with Crippen LogP contribution in [0.3, 0.4) is 0 Å². The van der Waals surface area contributed by atoms with Crippen molar-refractivity contribution in [2.45, 2.75) is 25.1 Å². The second-order valence-corrected chi connectivity index (χ2v) is 5.08. The third-order valence-corrected chi connectivity index (χ3v) is 4.14. The summed E-state index contributed by atoms with van der Waals surface area (Å²) in [5, 5.41) is 1.02. The van der Waals surface area contributed by atoms with Crippen LogP contribution in [-0.2, 0) is 4.79 Å². The SMILES string of the molecule is CC1SCCN(C(=O)CBr)C1C. The maximum atomic E-state index is 11.4. The van der Waals surface area contributed by atoms with Gasteiger partial charge in [-0.15, -0.1) is 0 Å². The van der Waals surface area contributed by atoms with Gasteiger partial charge in [0.25, 0.3) is 0 Å². The zero-order chi connectivity index (χ0) is 9.14. The van der Waals surface area contributed by atoms with Crippen LogP contribution in [0.4, 0.5) is 0 Å². The van der Waals surface area contributed by atoms with E-state index in [2.05, 4.69) is 29.8 Å². The first-order valence-electron chi connectivity index (χ1n) is 4.14. The second-order valence-electron chi connectivity index (χ2n) is 3.04. The highest BCUT2D eigenvalue weighted by atomic mass is 79.9. The van der Waals surface area contributed by atoms with E-state index >= 15 is 0 Å². The molecular weight excluding hydrogens is 238 g/mol. The Labute approximate surface area is 86.2 Å². The molecule has 0 saturated carbocycles. The number of hydrogen-bond acceptors (Lipinski definition) is 2. The van der Waals surface area contributed by atoms with E-state index in [1.54, 1.807) is 0 Å². The highest BCUT2D eigenvalue weighted by Gasteiger charge is 2.27. The van der Waals surface area contributed by atoms with Crippen LogP contribution in [-0.4, -0.2) is 39.7 Å². The summed E-state index contributed by atoms with van der Waals surface area (Å²) in [6, 6.07) is 0.383. The van der Waals surface area contributed by atoms with Crippen molar-refractivity contribution in [3.05, 3.63) is 0 Å². The molecule has 1 amide bonds. The van der Waals surface area contributed by atoms with Gasteiger partial charge in [-0.1, -0.05) is 22.9 Å². The van der Waals surface area contributed by atoms with Gasteiger partial charge in [-0.3, -0.25) is 4.79 Å². The van der Waals surface area contributed by atoms with Gasteiger partial charge < -0.3 is 4.90 Å². The number of amides is 1. The molecule has 0 radical (unpaired) electrons. The smallest absolute Gasteiger partial charge is 0.233 e. The van der Waals surface area contributed by atoms with Crippen LogP contribution in [0.2, 0.25) is 0 Å². The third kappa shape index (κ3) is 2.16. The summed E-state index contributed by atoms with van der Waals surface area (Å²) in [5.41, 5.74) is 0. The summed E-state index contributed by atoms with van der Waals surface area (Å²) >= 11 is 5.15. The number of carbonyl (C=O) groups excluding carboxylic acids is 1. The van der Waals surface area contributed by atoms with E-state index in [4.69, 9.17) is 0 Å². The summed E-state index contributed by atoms with van der Waals surface area (Å²) in [7, 11) is 0. The van der Waals surface area contributed by atoms with Gasteiger partial charge >= 0.3 is 0 Å². The molecule has 12 heavy (non-hydrogen) atoms. The molecule has 1 aliphatic rings. The van der Waals surface area contributed by atoms with Crippen molar-refractivity contribution in [3.8, 4) is 0 Å². The van der Waals surface area contributed by atoms with Crippen LogP contribution < -0.4 is 0 Å². The average molecular weight is 252 g/mol. The number of carbonyl (C=O) groups is 1. The van der Waals surface area contributed by atoms with Crippen molar-refractivity contribution < 1.29 is 4.79 Å². The Hall–Kier alpha value is 0.300. The predicted molar refractivity (Wildman–Crippen MR) is 56.9 cm³/mol. The Morgan fingerprint density at radius 3 is 2.92 bits per heavy atom. The highest BCUT2D eigenvalue weighted by molar-refractivity contribution is 9.09. The van der Waals surface area contributed by atoms with Gasteiger partial charge in [0.15, 0.2) is 0 Å². The van der Waals surface area contributed by atoms with E-state index in [9.17, 15) is 4.79 Å². The van der Waals surface area contributed by atoms with Crippen molar-refractivity contribution >= 4 is 33.6 Å². The van der Waals surface area contributed by atoms with Gasteiger partial charge in [-0.25, -0.2) is 0 Å². The maximum absolute atomic E-state index is 11.4. The van der Waals surface area contributed by atoms with E-state index < -0.39 is 0 Å². The maximum Gasteiger partial charge on any atom is 0.233 e. The Bertz CT molecular complexity index is 176. The molecule has 1 rings (SSSR count). The Kier molecular flexibility index (Phi) is 3.90. The molecule has 1 fully saturated rings. The predicted octanol–water partition coefficient (Wildman–Crippen LogP) is 1.73. The zero-order valence-electron chi connectivity index (χ0n) is 7.42. The number of rotatable bonds is 1. The first kappa shape index (κ1) is 10.4. The van der Waals surface area contributed by atoms with E-state index in [1.807, 2.05) is 16.7 Å². The fourth-order valence-electron chi connectivity index (χ4n) is 1.36. The van der Waals surface area contributed by atoms with Gasteiger partial charge in [-0.05, 0) is 6.92 Å². The molecule has 0 aromatic carbocycles. The van der Waals surface area contributed by atoms with Crippen LogP contribution in [0.15, 0.2) is 0 Å². The third-order valence-electron chi connectivity index (χ3n) is 2.32. The zero-order valence-corrected chi connectivity index (χ0v) is 9.82. The minimum absolute atomic E-state index is 0.217. The molecule has 1 saturated heterocycles. The summed E-state index contributed by atoms with van der Waals surface area (Å²) < 4.78 is 0. The lowest BCUT2D eigenvalue weighted by Crippen LogP contribution is -2.48. The van der Waals surface area contributed by atoms with Crippen molar-refractivity contribution in [2.75, 3.05) is 17.6 Å². The lowest BCUT2D eigenvalue weighted by molar-refractivity contribution is -0.130. The topological polar surface area (TPSA) is 20.3 Å². The van der Waals surface area contributed by atoms with E-state index in [1.165, 1.54) is 0 Å². The molecule has 4 heteroatoms. The summed E-state index contributed by atoms with van der Waals surface area (Å²) in [6.07, 6.45) is 0. The molecule has 0 aliphatic carbocycles. The van der Waals surface area contributed by atoms with Gasteiger partial charge in [0.1, 0.15) is 0 Å². The minimum Gasteiger partial charge on any atom is -0.337 e. The lowest BCUT2D eigenvalue weighted by atomic mass is 10.2. The van der Waals surface area contributed by atoms with Crippen LogP contribution in [0.5, 0.6) is 0 Å². The van der Waals surface area contributed by atoms with Gasteiger partial charge in [0.05, 0.1) is 5.33 Å².